The molecule has 0 saturated carbocycles. The molecule has 2 N–H and O–H groups in total. The smallest absolute Gasteiger partial charge is 0.236 e. The Morgan fingerprint density at radius 2 is 2.11 bits per heavy atom. The van der Waals surface area contributed by atoms with Crippen LogP contribution in [-0.4, -0.2) is 26.8 Å². The molecule has 7 heteroatoms. The molecule has 0 bridgehead atoms. The summed E-state index contributed by atoms with van der Waals surface area (Å²) in [7, 11) is -3.39. The van der Waals surface area contributed by atoms with Crippen molar-refractivity contribution >= 4 is 49.9 Å². The van der Waals surface area contributed by atoms with E-state index in [0.29, 0.717) is 17.3 Å². The Balaban J connectivity index is 2.73. The van der Waals surface area contributed by atoms with E-state index >= 15 is 0 Å². The lowest BCUT2D eigenvalue weighted by Gasteiger charge is -2.16. The van der Waals surface area contributed by atoms with E-state index in [1.54, 1.807) is 25.1 Å². The van der Waals surface area contributed by atoms with Gasteiger partial charge in [-0.3, -0.25) is 4.72 Å². The molecule has 1 atom stereocenters. The number of anilines is 1. The topological polar surface area (TPSA) is 58.2 Å². The Morgan fingerprint density at radius 3 is 2.68 bits per heavy atom. The van der Waals surface area contributed by atoms with E-state index in [9.17, 15) is 8.42 Å². The molecule has 108 valence electrons. The van der Waals surface area contributed by atoms with Gasteiger partial charge in [0.15, 0.2) is 0 Å². The zero-order valence-corrected chi connectivity index (χ0v) is 14.6. The summed E-state index contributed by atoms with van der Waals surface area (Å²) in [5.74, 6) is 0. The molecule has 0 aliphatic heterocycles. The molecule has 0 aromatic heterocycles. The van der Waals surface area contributed by atoms with Crippen molar-refractivity contribution in [2.75, 3.05) is 17.8 Å². The van der Waals surface area contributed by atoms with Crippen LogP contribution in [0.1, 0.15) is 20.3 Å². The van der Waals surface area contributed by atoms with E-state index < -0.39 is 15.3 Å². The molecule has 19 heavy (non-hydrogen) atoms. The SMILES string of the molecule is CCCNCC(C)S(=O)(=O)Nc1ccc(Cl)cc1I. The first-order valence-electron chi connectivity index (χ1n) is 6.04. The number of hydrogen-bond acceptors (Lipinski definition) is 3. The van der Waals surface area contributed by atoms with E-state index in [0.717, 1.165) is 16.5 Å². The lowest BCUT2D eigenvalue weighted by molar-refractivity contribution is 0.576. The van der Waals surface area contributed by atoms with Gasteiger partial charge in [-0.05, 0) is 60.7 Å². The first-order valence-corrected chi connectivity index (χ1v) is 9.04. The summed E-state index contributed by atoms with van der Waals surface area (Å²) in [6.07, 6.45) is 0.981. The van der Waals surface area contributed by atoms with Gasteiger partial charge in [-0.2, -0.15) is 0 Å². The summed E-state index contributed by atoms with van der Waals surface area (Å²) in [4.78, 5) is 0. The number of hydrogen-bond donors (Lipinski definition) is 2. The second kappa shape index (κ2) is 7.66. The fourth-order valence-electron chi connectivity index (χ4n) is 1.42. The van der Waals surface area contributed by atoms with Crippen LogP contribution < -0.4 is 10.0 Å². The molecule has 0 spiro atoms. The lowest BCUT2D eigenvalue weighted by Crippen LogP contribution is -2.35. The third kappa shape index (κ3) is 5.45. The highest BCUT2D eigenvalue weighted by molar-refractivity contribution is 14.1. The molecule has 1 rings (SSSR count). The third-order valence-corrected chi connectivity index (χ3v) is 5.43. The Morgan fingerprint density at radius 1 is 1.42 bits per heavy atom. The molecule has 1 unspecified atom stereocenters. The molecular weight excluding hydrogens is 399 g/mol. The minimum absolute atomic E-state index is 0.438. The van der Waals surface area contributed by atoms with Crippen LogP contribution in [0.3, 0.4) is 0 Å². The van der Waals surface area contributed by atoms with Gasteiger partial charge >= 0.3 is 0 Å². The normalized spacial score (nSPS) is 13.3. The van der Waals surface area contributed by atoms with E-state index in [1.165, 1.54) is 0 Å². The lowest BCUT2D eigenvalue weighted by atomic mass is 10.3. The third-order valence-electron chi connectivity index (χ3n) is 2.57. The van der Waals surface area contributed by atoms with Gasteiger partial charge in [0, 0.05) is 15.1 Å². The van der Waals surface area contributed by atoms with Crippen LogP contribution in [0.25, 0.3) is 0 Å². The molecule has 1 aromatic carbocycles. The molecule has 0 saturated heterocycles. The van der Waals surface area contributed by atoms with Crippen molar-refractivity contribution < 1.29 is 8.42 Å². The van der Waals surface area contributed by atoms with Gasteiger partial charge in [-0.1, -0.05) is 18.5 Å². The molecule has 1 aromatic rings. The van der Waals surface area contributed by atoms with Gasteiger partial charge in [0.25, 0.3) is 0 Å². The van der Waals surface area contributed by atoms with Crippen LogP contribution in [0.5, 0.6) is 0 Å². The number of benzene rings is 1. The van der Waals surface area contributed by atoms with Crippen molar-refractivity contribution in [3.63, 3.8) is 0 Å². The zero-order valence-electron chi connectivity index (χ0n) is 10.9. The van der Waals surface area contributed by atoms with Crippen molar-refractivity contribution in [3.8, 4) is 0 Å². The number of nitrogens with one attached hydrogen (secondary N) is 2. The fraction of sp³-hybridized carbons (Fsp3) is 0.500. The Kier molecular flexibility index (Phi) is 6.85. The summed E-state index contributed by atoms with van der Waals surface area (Å²) in [6, 6.07) is 5.06. The van der Waals surface area contributed by atoms with Gasteiger partial charge in [-0.25, -0.2) is 8.42 Å². The van der Waals surface area contributed by atoms with Crippen molar-refractivity contribution in [2.24, 2.45) is 0 Å². The largest absolute Gasteiger partial charge is 0.315 e. The maximum atomic E-state index is 12.1. The van der Waals surface area contributed by atoms with Gasteiger partial charge in [0.2, 0.25) is 10.0 Å². The second-order valence-electron chi connectivity index (χ2n) is 4.29. The number of halogens is 2. The van der Waals surface area contributed by atoms with Gasteiger partial charge in [0.1, 0.15) is 0 Å². The Labute approximate surface area is 133 Å². The van der Waals surface area contributed by atoms with Gasteiger partial charge < -0.3 is 5.32 Å². The van der Waals surface area contributed by atoms with E-state index in [4.69, 9.17) is 11.6 Å². The van der Waals surface area contributed by atoms with Crippen LogP contribution in [0.15, 0.2) is 18.2 Å². The maximum Gasteiger partial charge on any atom is 0.236 e. The summed E-state index contributed by atoms with van der Waals surface area (Å²) in [5, 5.41) is 3.20. The average molecular weight is 417 g/mol. The number of rotatable bonds is 7. The first kappa shape index (κ1) is 17.0. The van der Waals surface area contributed by atoms with Gasteiger partial charge in [-0.15, -0.1) is 0 Å². The minimum atomic E-state index is -3.39. The molecule has 0 heterocycles. The first-order chi connectivity index (χ1) is 8.86. The summed E-state index contributed by atoms with van der Waals surface area (Å²) >= 11 is 7.90. The van der Waals surface area contributed by atoms with Crippen LogP contribution >= 0.6 is 34.2 Å². The molecule has 0 amide bonds. The van der Waals surface area contributed by atoms with Crippen molar-refractivity contribution in [3.05, 3.63) is 26.8 Å². The van der Waals surface area contributed by atoms with Crippen molar-refractivity contribution in [1.29, 1.82) is 0 Å². The second-order valence-corrected chi connectivity index (χ2v) is 7.98. The summed E-state index contributed by atoms with van der Waals surface area (Å²) < 4.78 is 27.7. The molecule has 0 fully saturated rings. The Bertz CT molecular complexity index is 522. The zero-order chi connectivity index (χ0) is 14.5. The van der Waals surface area contributed by atoms with Crippen LogP contribution in [-0.2, 0) is 10.0 Å². The molecule has 0 aliphatic carbocycles. The number of sulfonamides is 1. The van der Waals surface area contributed by atoms with Crippen molar-refractivity contribution in [2.45, 2.75) is 25.5 Å². The molecule has 4 nitrogen and oxygen atoms in total. The predicted molar refractivity (Wildman–Crippen MR) is 89.3 cm³/mol. The monoisotopic (exact) mass is 416 g/mol. The average Bonchev–Trinajstić information content (AvgIpc) is 2.33. The fourth-order valence-corrected chi connectivity index (χ4v) is 3.63. The standard InChI is InChI=1S/C12H18ClIN2O2S/c1-3-6-15-8-9(2)19(17,18)16-12-5-4-10(13)7-11(12)14/h4-5,7,9,15-16H,3,6,8H2,1-2H3. The van der Waals surface area contributed by atoms with Crippen LogP contribution in [0, 0.1) is 3.57 Å². The highest BCUT2D eigenvalue weighted by atomic mass is 127. The summed E-state index contributed by atoms with van der Waals surface area (Å²) in [5.41, 5.74) is 0.562. The van der Waals surface area contributed by atoms with E-state index in [1.807, 2.05) is 6.92 Å². The van der Waals surface area contributed by atoms with Crippen LogP contribution in [0.2, 0.25) is 5.02 Å². The van der Waals surface area contributed by atoms with Gasteiger partial charge in [0.05, 0.1) is 10.9 Å². The minimum Gasteiger partial charge on any atom is -0.315 e. The molecular formula is C12H18ClIN2O2S. The summed E-state index contributed by atoms with van der Waals surface area (Å²) in [6.45, 7) is 4.99. The van der Waals surface area contributed by atoms with Crippen molar-refractivity contribution in [1.82, 2.24) is 5.32 Å². The quantitative estimate of drug-likeness (QED) is 0.530. The molecule has 0 aliphatic rings. The highest BCUT2D eigenvalue weighted by Crippen LogP contribution is 2.23. The molecule has 0 radical (unpaired) electrons. The van der Waals surface area contributed by atoms with E-state index in [-0.39, 0.29) is 0 Å². The Hall–Kier alpha value is -0.0500. The van der Waals surface area contributed by atoms with Crippen LogP contribution in [0.4, 0.5) is 5.69 Å². The highest BCUT2D eigenvalue weighted by Gasteiger charge is 2.21. The maximum absolute atomic E-state index is 12.1. The predicted octanol–water partition coefficient (Wildman–Crippen LogP) is 3.07. The van der Waals surface area contributed by atoms with E-state index in [2.05, 4.69) is 32.6 Å².